The summed E-state index contributed by atoms with van der Waals surface area (Å²) in [5.41, 5.74) is 4.58. The van der Waals surface area contributed by atoms with Crippen LogP contribution in [0.15, 0.2) is 48.2 Å². The fourth-order valence-electron chi connectivity index (χ4n) is 4.09. The number of hydrogen-bond acceptors (Lipinski definition) is 4. The van der Waals surface area contributed by atoms with Crippen LogP contribution in [0.4, 0.5) is 5.69 Å². The number of imide groups is 1. The molecule has 0 unspecified atom stereocenters. The molecule has 0 bridgehead atoms. The quantitative estimate of drug-likeness (QED) is 0.637. The molecule has 0 N–H and O–H groups in total. The molecule has 2 aromatic carbocycles. The van der Waals surface area contributed by atoms with Crippen LogP contribution in [0.25, 0.3) is 5.57 Å². The predicted octanol–water partition coefficient (Wildman–Crippen LogP) is 4.72. The Morgan fingerprint density at radius 2 is 1.58 bits per heavy atom. The van der Waals surface area contributed by atoms with Crippen LogP contribution in [0, 0.1) is 19.8 Å². The first-order chi connectivity index (χ1) is 14.9. The molecule has 5 heteroatoms. The SMILES string of the molecule is Cc1ccc(N2C(=O)C(c3ccc(OCC(C)C)cc3)=C(N3CCCC3)C2=O)cc1C. The highest BCUT2D eigenvalue weighted by molar-refractivity contribution is 6.45. The molecule has 2 aliphatic rings. The van der Waals surface area contributed by atoms with Crippen molar-refractivity contribution in [3.63, 3.8) is 0 Å². The summed E-state index contributed by atoms with van der Waals surface area (Å²) in [7, 11) is 0. The van der Waals surface area contributed by atoms with E-state index in [9.17, 15) is 9.59 Å². The molecule has 2 amide bonds. The summed E-state index contributed by atoms with van der Waals surface area (Å²) in [5, 5.41) is 0. The molecule has 162 valence electrons. The molecule has 0 spiro atoms. The van der Waals surface area contributed by atoms with Gasteiger partial charge in [0.25, 0.3) is 11.8 Å². The van der Waals surface area contributed by atoms with Gasteiger partial charge >= 0.3 is 0 Å². The predicted molar refractivity (Wildman–Crippen MR) is 123 cm³/mol. The molecule has 31 heavy (non-hydrogen) atoms. The number of carbonyl (C=O) groups is 2. The number of hydrogen-bond donors (Lipinski definition) is 0. The van der Waals surface area contributed by atoms with Crippen molar-refractivity contribution in [2.75, 3.05) is 24.6 Å². The molecule has 1 saturated heterocycles. The Balaban J connectivity index is 1.72. The topological polar surface area (TPSA) is 49.9 Å². The Morgan fingerprint density at radius 1 is 0.903 bits per heavy atom. The molecule has 5 nitrogen and oxygen atoms in total. The molecular formula is C26H30N2O3. The molecule has 0 saturated carbocycles. The number of anilines is 1. The van der Waals surface area contributed by atoms with E-state index >= 15 is 0 Å². The van der Waals surface area contributed by atoms with Crippen molar-refractivity contribution < 1.29 is 14.3 Å². The Morgan fingerprint density at radius 3 is 2.19 bits per heavy atom. The molecule has 0 atom stereocenters. The number of benzene rings is 2. The maximum atomic E-state index is 13.6. The molecule has 0 aromatic heterocycles. The largest absolute Gasteiger partial charge is 0.493 e. The van der Waals surface area contributed by atoms with Gasteiger partial charge in [-0.2, -0.15) is 0 Å². The number of ether oxygens (including phenoxy) is 1. The zero-order valence-electron chi connectivity index (χ0n) is 18.8. The minimum absolute atomic E-state index is 0.231. The minimum Gasteiger partial charge on any atom is -0.493 e. The van der Waals surface area contributed by atoms with Gasteiger partial charge in [-0.05, 0) is 73.6 Å². The van der Waals surface area contributed by atoms with Gasteiger partial charge in [0.05, 0.1) is 17.9 Å². The number of rotatable bonds is 6. The van der Waals surface area contributed by atoms with Crippen LogP contribution in [0.2, 0.25) is 0 Å². The standard InChI is InChI=1S/C26H30N2O3/c1-17(2)16-31-22-11-8-20(9-12-22)23-24(27-13-5-6-14-27)26(30)28(25(23)29)21-10-7-18(3)19(4)15-21/h7-12,15,17H,5-6,13-14,16H2,1-4H3. The third-order valence-electron chi connectivity index (χ3n) is 5.96. The van der Waals surface area contributed by atoms with Crippen molar-refractivity contribution >= 4 is 23.1 Å². The normalized spacial score (nSPS) is 16.8. The molecule has 2 heterocycles. The number of aryl methyl sites for hydroxylation is 2. The van der Waals surface area contributed by atoms with Gasteiger partial charge in [-0.15, -0.1) is 0 Å². The van der Waals surface area contributed by atoms with Gasteiger partial charge in [0.15, 0.2) is 0 Å². The van der Waals surface area contributed by atoms with Crippen LogP contribution in [0.3, 0.4) is 0 Å². The summed E-state index contributed by atoms with van der Waals surface area (Å²) in [6, 6.07) is 13.3. The lowest BCUT2D eigenvalue weighted by Crippen LogP contribution is -2.34. The van der Waals surface area contributed by atoms with Gasteiger partial charge in [-0.25, -0.2) is 4.90 Å². The van der Waals surface area contributed by atoms with E-state index < -0.39 is 0 Å². The average molecular weight is 419 g/mol. The Hall–Kier alpha value is -3.08. The second-order valence-corrected chi connectivity index (χ2v) is 8.86. The summed E-state index contributed by atoms with van der Waals surface area (Å²) in [6.07, 6.45) is 2.06. The van der Waals surface area contributed by atoms with E-state index in [4.69, 9.17) is 4.74 Å². The third-order valence-corrected chi connectivity index (χ3v) is 5.96. The van der Waals surface area contributed by atoms with Crippen molar-refractivity contribution in [1.82, 2.24) is 4.90 Å². The summed E-state index contributed by atoms with van der Waals surface area (Å²) >= 11 is 0. The summed E-state index contributed by atoms with van der Waals surface area (Å²) < 4.78 is 5.79. The van der Waals surface area contributed by atoms with Gasteiger partial charge < -0.3 is 9.64 Å². The molecule has 2 aliphatic heterocycles. The molecule has 1 fully saturated rings. The molecule has 0 aliphatic carbocycles. The number of amides is 2. The first-order valence-electron chi connectivity index (χ1n) is 11.1. The van der Waals surface area contributed by atoms with Crippen LogP contribution in [-0.4, -0.2) is 36.4 Å². The minimum atomic E-state index is -0.258. The second-order valence-electron chi connectivity index (χ2n) is 8.86. The maximum absolute atomic E-state index is 13.6. The van der Waals surface area contributed by atoms with Crippen LogP contribution in [-0.2, 0) is 9.59 Å². The van der Waals surface area contributed by atoms with E-state index in [1.165, 1.54) is 4.90 Å². The van der Waals surface area contributed by atoms with Crippen LogP contribution in [0.5, 0.6) is 5.75 Å². The summed E-state index contributed by atoms with van der Waals surface area (Å²) in [4.78, 5) is 30.5. The first kappa shape index (κ1) is 21.2. The average Bonchev–Trinajstić information content (AvgIpc) is 3.35. The molecule has 0 radical (unpaired) electrons. The van der Waals surface area contributed by atoms with Crippen molar-refractivity contribution in [3.8, 4) is 5.75 Å². The highest BCUT2D eigenvalue weighted by Gasteiger charge is 2.43. The van der Waals surface area contributed by atoms with Crippen molar-refractivity contribution in [1.29, 1.82) is 0 Å². The maximum Gasteiger partial charge on any atom is 0.282 e. The van der Waals surface area contributed by atoms with Gasteiger partial charge in [0.2, 0.25) is 0 Å². The Bertz CT molecular complexity index is 1030. The van der Waals surface area contributed by atoms with Crippen LogP contribution < -0.4 is 9.64 Å². The lowest BCUT2D eigenvalue weighted by atomic mass is 10.0. The van der Waals surface area contributed by atoms with E-state index in [0.29, 0.717) is 29.5 Å². The summed E-state index contributed by atoms with van der Waals surface area (Å²) in [6.45, 7) is 10.5. The number of likely N-dealkylation sites (tertiary alicyclic amines) is 1. The van der Waals surface area contributed by atoms with E-state index in [-0.39, 0.29) is 11.8 Å². The van der Waals surface area contributed by atoms with Crippen LogP contribution in [0.1, 0.15) is 43.4 Å². The second kappa shape index (κ2) is 8.58. The zero-order valence-corrected chi connectivity index (χ0v) is 18.8. The molecule has 2 aromatic rings. The van der Waals surface area contributed by atoms with Crippen molar-refractivity contribution in [2.24, 2.45) is 5.92 Å². The fraction of sp³-hybridized carbons (Fsp3) is 0.385. The van der Waals surface area contributed by atoms with Gasteiger partial charge in [-0.1, -0.05) is 32.0 Å². The molecule has 4 rings (SSSR count). The van der Waals surface area contributed by atoms with E-state index in [0.717, 1.165) is 48.4 Å². The number of carbonyl (C=O) groups excluding carboxylic acids is 2. The summed E-state index contributed by atoms with van der Waals surface area (Å²) in [5.74, 6) is 0.713. The highest BCUT2D eigenvalue weighted by atomic mass is 16.5. The van der Waals surface area contributed by atoms with Gasteiger partial charge in [0.1, 0.15) is 11.4 Å². The number of nitrogens with zero attached hydrogens (tertiary/aromatic N) is 2. The zero-order chi connectivity index (χ0) is 22.1. The van der Waals surface area contributed by atoms with Gasteiger partial charge in [-0.3, -0.25) is 9.59 Å². The van der Waals surface area contributed by atoms with E-state index in [2.05, 4.69) is 18.7 Å². The Labute approximate surface area is 184 Å². The van der Waals surface area contributed by atoms with E-state index in [1.807, 2.05) is 56.3 Å². The van der Waals surface area contributed by atoms with E-state index in [1.54, 1.807) is 0 Å². The third kappa shape index (κ3) is 4.09. The van der Waals surface area contributed by atoms with Gasteiger partial charge in [0, 0.05) is 13.1 Å². The van der Waals surface area contributed by atoms with Crippen molar-refractivity contribution in [3.05, 3.63) is 64.9 Å². The monoisotopic (exact) mass is 418 g/mol. The smallest absolute Gasteiger partial charge is 0.282 e. The van der Waals surface area contributed by atoms with Crippen LogP contribution >= 0.6 is 0 Å². The van der Waals surface area contributed by atoms with Crippen molar-refractivity contribution in [2.45, 2.75) is 40.5 Å². The lowest BCUT2D eigenvalue weighted by Gasteiger charge is -2.20. The first-order valence-corrected chi connectivity index (χ1v) is 11.1. The Kier molecular flexibility index (Phi) is 5.86. The fourth-order valence-corrected chi connectivity index (χ4v) is 4.09. The molecular weight excluding hydrogens is 388 g/mol. The lowest BCUT2D eigenvalue weighted by molar-refractivity contribution is -0.120. The highest BCUT2D eigenvalue weighted by Crippen LogP contribution is 2.37.